The molecule has 0 spiro atoms. The fourth-order valence-electron chi connectivity index (χ4n) is 1.54. The molecule has 2 heterocycles. The van der Waals surface area contributed by atoms with Gasteiger partial charge in [0.25, 0.3) is 10.0 Å². The summed E-state index contributed by atoms with van der Waals surface area (Å²) >= 11 is 1.42. The quantitative estimate of drug-likeness (QED) is 0.762. The number of nitrogens with one attached hydrogen (secondary N) is 2. The summed E-state index contributed by atoms with van der Waals surface area (Å²) in [5, 5.41) is 12.2. The molecule has 2 N–H and O–H groups in total. The summed E-state index contributed by atoms with van der Waals surface area (Å²) in [6.07, 6.45) is 2.53. The van der Waals surface area contributed by atoms with Gasteiger partial charge < -0.3 is 5.32 Å². The lowest BCUT2D eigenvalue weighted by molar-refractivity contribution is 0.601. The van der Waals surface area contributed by atoms with Crippen LogP contribution in [0.25, 0.3) is 0 Å². The van der Waals surface area contributed by atoms with E-state index in [1.165, 1.54) is 17.5 Å². The molecule has 0 saturated carbocycles. The third-order valence-corrected chi connectivity index (χ3v) is 4.90. The van der Waals surface area contributed by atoms with Crippen molar-refractivity contribution >= 4 is 27.2 Å². The Bertz CT molecular complexity index is 640. The Balaban J connectivity index is 2.06. The van der Waals surface area contributed by atoms with Crippen LogP contribution in [-0.2, 0) is 16.6 Å². The Labute approximate surface area is 122 Å². The van der Waals surface area contributed by atoms with Crippen LogP contribution in [0.4, 0.5) is 5.82 Å². The van der Waals surface area contributed by atoms with Gasteiger partial charge in [-0.1, -0.05) is 6.92 Å². The predicted octanol–water partition coefficient (Wildman–Crippen LogP) is 1.84. The van der Waals surface area contributed by atoms with Crippen LogP contribution in [0, 0.1) is 0 Å². The Morgan fingerprint density at radius 2 is 2.25 bits per heavy atom. The predicted molar refractivity (Wildman–Crippen MR) is 79.2 cm³/mol. The van der Waals surface area contributed by atoms with Gasteiger partial charge in [0, 0.05) is 23.0 Å². The maximum Gasteiger partial charge on any atom is 0.263 e. The SMILES string of the molecule is CCCNCc1cc(S(=O)(=O)Nc2cccnn2)cs1. The Kier molecular flexibility index (Phi) is 5.05. The number of rotatable bonds is 7. The molecular formula is C12H16N4O2S2. The van der Waals surface area contributed by atoms with E-state index in [1.54, 1.807) is 23.6 Å². The van der Waals surface area contributed by atoms with Gasteiger partial charge in [0.2, 0.25) is 0 Å². The Morgan fingerprint density at radius 3 is 2.95 bits per heavy atom. The summed E-state index contributed by atoms with van der Waals surface area (Å²) in [7, 11) is -3.59. The number of nitrogens with zero attached hydrogens (tertiary/aromatic N) is 2. The molecule has 0 bridgehead atoms. The van der Waals surface area contributed by atoms with Crippen LogP contribution in [0.2, 0.25) is 0 Å². The second-order valence-corrected chi connectivity index (χ2v) is 6.82. The van der Waals surface area contributed by atoms with E-state index in [0.717, 1.165) is 17.8 Å². The molecular weight excluding hydrogens is 296 g/mol. The summed E-state index contributed by atoms with van der Waals surface area (Å²) in [6, 6.07) is 4.85. The first-order valence-corrected chi connectivity index (χ1v) is 8.57. The number of aromatic nitrogens is 2. The van der Waals surface area contributed by atoms with Gasteiger partial charge >= 0.3 is 0 Å². The average molecular weight is 312 g/mol. The molecule has 0 aliphatic carbocycles. The first kappa shape index (κ1) is 14.9. The lowest BCUT2D eigenvalue weighted by Crippen LogP contribution is -2.14. The minimum Gasteiger partial charge on any atom is -0.312 e. The molecule has 0 fully saturated rings. The molecule has 0 aromatic carbocycles. The standard InChI is InChI=1S/C12H16N4O2S2/c1-2-5-13-8-10-7-11(9-19-10)20(17,18)16-12-4-3-6-14-15-12/h3-4,6-7,9,13H,2,5,8H2,1H3,(H,15,16). The average Bonchev–Trinajstić information content (AvgIpc) is 2.89. The van der Waals surface area contributed by atoms with Crippen molar-refractivity contribution in [2.45, 2.75) is 24.8 Å². The van der Waals surface area contributed by atoms with Crippen LogP contribution < -0.4 is 10.0 Å². The number of hydrogen-bond donors (Lipinski definition) is 2. The van der Waals surface area contributed by atoms with E-state index in [2.05, 4.69) is 27.2 Å². The number of thiophene rings is 1. The molecule has 0 unspecified atom stereocenters. The van der Waals surface area contributed by atoms with Crippen molar-refractivity contribution in [2.75, 3.05) is 11.3 Å². The third-order valence-electron chi connectivity index (χ3n) is 2.48. The van der Waals surface area contributed by atoms with Crippen LogP contribution in [0.5, 0.6) is 0 Å². The van der Waals surface area contributed by atoms with Crippen LogP contribution in [0.3, 0.4) is 0 Å². The first-order chi connectivity index (χ1) is 9.62. The zero-order valence-corrected chi connectivity index (χ0v) is 12.7. The zero-order valence-electron chi connectivity index (χ0n) is 11.0. The topological polar surface area (TPSA) is 84.0 Å². The molecule has 0 saturated heterocycles. The fraction of sp³-hybridized carbons (Fsp3) is 0.333. The van der Waals surface area contributed by atoms with Crippen LogP contribution in [-0.4, -0.2) is 25.2 Å². The molecule has 6 nitrogen and oxygen atoms in total. The van der Waals surface area contributed by atoms with Gasteiger partial charge in [-0.15, -0.1) is 16.4 Å². The molecule has 108 valence electrons. The van der Waals surface area contributed by atoms with Crippen molar-refractivity contribution in [1.82, 2.24) is 15.5 Å². The summed E-state index contributed by atoms with van der Waals surface area (Å²) < 4.78 is 26.7. The van der Waals surface area contributed by atoms with Gasteiger partial charge in [0.05, 0.1) is 4.90 Å². The van der Waals surface area contributed by atoms with E-state index in [-0.39, 0.29) is 10.7 Å². The molecule has 20 heavy (non-hydrogen) atoms. The maximum atomic E-state index is 12.2. The second-order valence-electron chi connectivity index (χ2n) is 4.14. The summed E-state index contributed by atoms with van der Waals surface area (Å²) in [4.78, 5) is 1.24. The van der Waals surface area contributed by atoms with Crippen LogP contribution in [0.15, 0.2) is 34.7 Å². The summed E-state index contributed by atoms with van der Waals surface area (Å²) in [5.74, 6) is 0.212. The van der Waals surface area contributed by atoms with Gasteiger partial charge in [-0.25, -0.2) is 8.42 Å². The van der Waals surface area contributed by atoms with Crippen molar-refractivity contribution in [2.24, 2.45) is 0 Å². The van der Waals surface area contributed by atoms with Gasteiger partial charge in [0.1, 0.15) is 0 Å². The second kappa shape index (κ2) is 6.78. The van der Waals surface area contributed by atoms with E-state index < -0.39 is 10.0 Å². The number of sulfonamides is 1. The highest BCUT2D eigenvalue weighted by Crippen LogP contribution is 2.21. The van der Waals surface area contributed by atoms with Crippen LogP contribution >= 0.6 is 11.3 Å². The zero-order chi connectivity index (χ0) is 14.4. The minimum absolute atomic E-state index is 0.212. The lowest BCUT2D eigenvalue weighted by Gasteiger charge is -2.04. The van der Waals surface area contributed by atoms with Crippen molar-refractivity contribution in [3.63, 3.8) is 0 Å². The highest BCUT2D eigenvalue weighted by molar-refractivity contribution is 7.92. The molecule has 0 aliphatic heterocycles. The van der Waals surface area contributed by atoms with Gasteiger partial charge in [-0.05, 0) is 31.2 Å². The van der Waals surface area contributed by atoms with Crippen LogP contribution in [0.1, 0.15) is 18.2 Å². The molecule has 8 heteroatoms. The van der Waals surface area contributed by atoms with E-state index in [0.29, 0.717) is 6.54 Å². The van der Waals surface area contributed by atoms with Crippen molar-refractivity contribution in [3.05, 3.63) is 34.7 Å². The molecule has 0 radical (unpaired) electrons. The Morgan fingerprint density at radius 1 is 1.40 bits per heavy atom. The van der Waals surface area contributed by atoms with E-state index in [9.17, 15) is 8.42 Å². The molecule has 0 atom stereocenters. The maximum absolute atomic E-state index is 12.2. The minimum atomic E-state index is -3.59. The molecule has 0 amide bonds. The highest BCUT2D eigenvalue weighted by Gasteiger charge is 2.16. The highest BCUT2D eigenvalue weighted by atomic mass is 32.2. The van der Waals surface area contributed by atoms with Gasteiger partial charge in [-0.3, -0.25) is 4.72 Å². The summed E-state index contributed by atoms with van der Waals surface area (Å²) in [5.41, 5.74) is 0. The largest absolute Gasteiger partial charge is 0.312 e. The number of anilines is 1. The van der Waals surface area contributed by atoms with Crippen molar-refractivity contribution in [3.8, 4) is 0 Å². The van der Waals surface area contributed by atoms with Gasteiger partial charge in [-0.2, -0.15) is 5.10 Å². The monoisotopic (exact) mass is 312 g/mol. The van der Waals surface area contributed by atoms with E-state index in [1.807, 2.05) is 0 Å². The summed E-state index contributed by atoms with van der Waals surface area (Å²) in [6.45, 7) is 3.68. The van der Waals surface area contributed by atoms with Crippen molar-refractivity contribution < 1.29 is 8.42 Å². The fourth-order valence-corrected chi connectivity index (χ4v) is 3.78. The first-order valence-electron chi connectivity index (χ1n) is 6.20. The third kappa shape index (κ3) is 3.99. The lowest BCUT2D eigenvalue weighted by atomic mass is 10.4. The smallest absolute Gasteiger partial charge is 0.263 e. The molecule has 2 aromatic heterocycles. The normalized spacial score (nSPS) is 11.4. The van der Waals surface area contributed by atoms with E-state index in [4.69, 9.17) is 0 Å². The Hall–Kier alpha value is -1.51. The van der Waals surface area contributed by atoms with E-state index >= 15 is 0 Å². The van der Waals surface area contributed by atoms with Crippen molar-refractivity contribution in [1.29, 1.82) is 0 Å². The number of hydrogen-bond acceptors (Lipinski definition) is 6. The molecule has 0 aliphatic rings. The molecule has 2 rings (SSSR count). The molecule has 2 aromatic rings. The van der Waals surface area contributed by atoms with Gasteiger partial charge in [0.15, 0.2) is 5.82 Å².